The molecule has 0 spiro atoms. The molecule has 0 atom stereocenters. The van der Waals surface area contributed by atoms with Gasteiger partial charge in [0.05, 0.1) is 0 Å². The standard InChI is InChI=1S/C5H12N4S2.4BrH/c6-4(7)10-2-1-3-11-5(8)9;;;;/h1-3H2,(H3,6,7)(H3,8,9);4*1H. The minimum Gasteiger partial charge on any atom is -0.379 e. The van der Waals surface area contributed by atoms with Crippen molar-refractivity contribution in [2.45, 2.75) is 6.42 Å². The summed E-state index contributed by atoms with van der Waals surface area (Å²) in [7, 11) is 0. The Morgan fingerprint density at radius 3 is 1.27 bits per heavy atom. The molecule has 10 heteroatoms. The number of amidine groups is 2. The molecule has 0 heterocycles. The van der Waals surface area contributed by atoms with Crippen LogP contribution in [0.5, 0.6) is 0 Å². The molecule has 0 saturated heterocycles. The Labute approximate surface area is 141 Å². The van der Waals surface area contributed by atoms with Gasteiger partial charge in [-0.2, -0.15) is 0 Å². The highest BCUT2D eigenvalue weighted by molar-refractivity contribution is 8.93. The van der Waals surface area contributed by atoms with Gasteiger partial charge in [-0.1, -0.05) is 23.5 Å². The monoisotopic (exact) mass is 512 g/mol. The van der Waals surface area contributed by atoms with Crippen molar-refractivity contribution in [3.05, 3.63) is 0 Å². The van der Waals surface area contributed by atoms with Gasteiger partial charge in [-0.3, -0.25) is 10.8 Å². The Morgan fingerprint density at radius 1 is 0.800 bits per heavy atom. The quantitative estimate of drug-likeness (QED) is 0.263. The zero-order chi connectivity index (χ0) is 8.69. The number of halogens is 4. The van der Waals surface area contributed by atoms with Crippen LogP contribution in [0.15, 0.2) is 0 Å². The molecule has 0 aromatic rings. The van der Waals surface area contributed by atoms with Gasteiger partial charge in [0.25, 0.3) is 0 Å². The molecular formula is C5H16Br4N4S2. The summed E-state index contributed by atoms with van der Waals surface area (Å²) in [6.07, 6.45) is 0.925. The number of thioether (sulfide) groups is 2. The molecule has 0 unspecified atom stereocenters. The first-order chi connectivity index (χ1) is 5.13. The normalized spacial score (nSPS) is 6.93. The van der Waals surface area contributed by atoms with E-state index in [-0.39, 0.29) is 78.3 Å². The van der Waals surface area contributed by atoms with E-state index in [2.05, 4.69) is 0 Å². The third-order valence-electron chi connectivity index (χ3n) is 0.804. The lowest BCUT2D eigenvalue weighted by atomic mass is 10.6. The zero-order valence-corrected chi connectivity index (χ0v) is 16.2. The van der Waals surface area contributed by atoms with Gasteiger partial charge >= 0.3 is 0 Å². The summed E-state index contributed by atoms with van der Waals surface area (Å²) < 4.78 is 0. The van der Waals surface area contributed by atoms with Crippen LogP contribution in [-0.4, -0.2) is 21.8 Å². The Kier molecular flexibility index (Phi) is 41.8. The lowest BCUT2D eigenvalue weighted by Crippen LogP contribution is -2.06. The molecule has 0 radical (unpaired) electrons. The molecule has 0 bridgehead atoms. The molecule has 0 aliphatic rings. The molecule has 0 fully saturated rings. The average molecular weight is 516 g/mol. The van der Waals surface area contributed by atoms with Crippen molar-refractivity contribution in [3.8, 4) is 0 Å². The summed E-state index contributed by atoms with van der Waals surface area (Å²) in [5.74, 6) is 1.66. The van der Waals surface area contributed by atoms with Gasteiger partial charge in [0.2, 0.25) is 0 Å². The van der Waals surface area contributed by atoms with E-state index in [1.807, 2.05) is 0 Å². The summed E-state index contributed by atoms with van der Waals surface area (Å²) in [5, 5.41) is 14.1. The second kappa shape index (κ2) is 20.9. The Bertz CT molecular complexity index is 144. The smallest absolute Gasteiger partial charge is 0.151 e. The molecule has 0 aromatic heterocycles. The van der Waals surface area contributed by atoms with Crippen molar-refractivity contribution >= 4 is 102 Å². The highest BCUT2D eigenvalue weighted by Crippen LogP contribution is 2.06. The molecule has 0 aliphatic heterocycles. The van der Waals surface area contributed by atoms with E-state index >= 15 is 0 Å². The SMILES string of the molecule is Br.Br.Br.Br.N=C(N)SCCCSC(=N)N. The maximum absolute atomic E-state index is 6.88. The topological polar surface area (TPSA) is 99.7 Å². The maximum Gasteiger partial charge on any atom is 0.151 e. The van der Waals surface area contributed by atoms with Crippen LogP contribution < -0.4 is 11.5 Å². The fourth-order valence-corrected chi connectivity index (χ4v) is 1.62. The largest absolute Gasteiger partial charge is 0.379 e. The van der Waals surface area contributed by atoms with Crippen LogP contribution in [0, 0.1) is 10.8 Å². The number of nitrogens with one attached hydrogen (secondary N) is 2. The van der Waals surface area contributed by atoms with Gasteiger partial charge in [-0.05, 0) is 6.42 Å². The fraction of sp³-hybridized carbons (Fsp3) is 0.600. The van der Waals surface area contributed by atoms with E-state index in [1.54, 1.807) is 0 Å². The third-order valence-corrected chi connectivity index (χ3v) is 2.41. The molecular weight excluding hydrogens is 500 g/mol. The number of hydrogen-bond donors (Lipinski definition) is 4. The summed E-state index contributed by atoms with van der Waals surface area (Å²) in [4.78, 5) is 0. The zero-order valence-electron chi connectivity index (χ0n) is 7.73. The molecule has 6 N–H and O–H groups in total. The van der Waals surface area contributed by atoms with E-state index in [4.69, 9.17) is 22.3 Å². The van der Waals surface area contributed by atoms with E-state index < -0.39 is 0 Å². The fourth-order valence-electron chi connectivity index (χ4n) is 0.423. The minimum atomic E-state index is 0. The first-order valence-corrected chi connectivity index (χ1v) is 5.03. The molecule has 0 amide bonds. The predicted molar refractivity (Wildman–Crippen MR) is 94.6 cm³/mol. The predicted octanol–water partition coefficient (Wildman–Crippen LogP) is 2.94. The van der Waals surface area contributed by atoms with Crippen LogP contribution in [0.25, 0.3) is 0 Å². The third kappa shape index (κ3) is 31.3. The number of hydrogen-bond acceptors (Lipinski definition) is 4. The van der Waals surface area contributed by atoms with Gasteiger partial charge < -0.3 is 11.5 Å². The molecule has 4 nitrogen and oxygen atoms in total. The Hall–Kier alpha value is 1.56. The lowest BCUT2D eigenvalue weighted by Gasteiger charge is -1.97. The molecule has 0 saturated carbocycles. The molecule has 96 valence electrons. The highest BCUT2D eigenvalue weighted by atomic mass is 79.9. The summed E-state index contributed by atoms with van der Waals surface area (Å²) in [5.41, 5.74) is 10.2. The van der Waals surface area contributed by atoms with Crippen molar-refractivity contribution in [1.82, 2.24) is 0 Å². The minimum absolute atomic E-state index is 0. The van der Waals surface area contributed by atoms with Crippen molar-refractivity contribution in [1.29, 1.82) is 10.8 Å². The lowest BCUT2D eigenvalue weighted by molar-refractivity contribution is 1.13. The summed E-state index contributed by atoms with van der Waals surface area (Å²) in [6, 6.07) is 0. The maximum atomic E-state index is 6.88. The van der Waals surface area contributed by atoms with Crippen LogP contribution in [0.3, 0.4) is 0 Å². The van der Waals surface area contributed by atoms with Crippen molar-refractivity contribution < 1.29 is 0 Å². The molecule has 0 aliphatic carbocycles. The number of rotatable bonds is 4. The van der Waals surface area contributed by atoms with E-state index in [1.165, 1.54) is 23.5 Å². The van der Waals surface area contributed by atoms with Gasteiger partial charge in [0.1, 0.15) is 0 Å². The molecule has 0 aromatic carbocycles. The summed E-state index contributed by atoms with van der Waals surface area (Å²) in [6.45, 7) is 0. The Balaban J connectivity index is -0.0000000833. The van der Waals surface area contributed by atoms with Crippen molar-refractivity contribution in [3.63, 3.8) is 0 Å². The Morgan fingerprint density at radius 2 is 1.07 bits per heavy atom. The van der Waals surface area contributed by atoms with Crippen LogP contribution >= 0.6 is 91.4 Å². The number of nitrogens with two attached hydrogens (primary N) is 2. The molecule has 0 rings (SSSR count). The second-order valence-corrected chi connectivity index (χ2v) is 4.05. The van der Waals surface area contributed by atoms with Crippen LogP contribution in [0.1, 0.15) is 6.42 Å². The van der Waals surface area contributed by atoms with Gasteiger partial charge in [0.15, 0.2) is 10.3 Å². The van der Waals surface area contributed by atoms with Crippen LogP contribution in [0.4, 0.5) is 0 Å². The summed E-state index contributed by atoms with van der Waals surface area (Å²) >= 11 is 2.64. The first-order valence-electron chi connectivity index (χ1n) is 3.06. The molecule has 15 heavy (non-hydrogen) atoms. The van der Waals surface area contributed by atoms with E-state index in [0.29, 0.717) is 0 Å². The van der Waals surface area contributed by atoms with Gasteiger partial charge in [0, 0.05) is 11.5 Å². The van der Waals surface area contributed by atoms with Crippen LogP contribution in [-0.2, 0) is 0 Å². The van der Waals surface area contributed by atoms with E-state index in [9.17, 15) is 0 Å². The van der Waals surface area contributed by atoms with Gasteiger partial charge in [-0.25, -0.2) is 0 Å². The second-order valence-electron chi connectivity index (χ2n) is 1.78. The van der Waals surface area contributed by atoms with Crippen LogP contribution in [0.2, 0.25) is 0 Å². The highest BCUT2D eigenvalue weighted by Gasteiger charge is 1.93. The average Bonchev–Trinajstić information content (AvgIpc) is 1.85. The van der Waals surface area contributed by atoms with Crippen molar-refractivity contribution in [2.24, 2.45) is 11.5 Å². The van der Waals surface area contributed by atoms with Gasteiger partial charge in [-0.15, -0.1) is 67.9 Å². The van der Waals surface area contributed by atoms with Crippen molar-refractivity contribution in [2.75, 3.05) is 11.5 Å². The van der Waals surface area contributed by atoms with E-state index in [0.717, 1.165) is 17.9 Å². The first kappa shape index (κ1) is 30.0.